The van der Waals surface area contributed by atoms with Gasteiger partial charge in [-0.2, -0.15) is 0 Å². The van der Waals surface area contributed by atoms with Gasteiger partial charge in [0, 0.05) is 26.1 Å². The van der Waals surface area contributed by atoms with Gasteiger partial charge in [0.05, 0.1) is 13.7 Å². The van der Waals surface area contributed by atoms with Crippen LogP contribution in [0.1, 0.15) is 17.9 Å². The maximum absolute atomic E-state index is 12.3. The topological polar surface area (TPSA) is 68.2 Å². The quantitative estimate of drug-likeness (QED) is 0.722. The molecule has 1 aliphatic rings. The molecule has 3 rings (SSSR count). The second kappa shape index (κ2) is 8.89. The van der Waals surface area contributed by atoms with Crippen molar-refractivity contribution >= 4 is 7.75 Å². The molecule has 2 aromatic carbocycles. The molecular weight excluding hydrogens is 365 g/mol. The fourth-order valence-electron chi connectivity index (χ4n) is 3.54. The van der Waals surface area contributed by atoms with Crippen LogP contribution in [0.5, 0.6) is 11.5 Å². The van der Waals surface area contributed by atoms with Crippen molar-refractivity contribution in [3.8, 4) is 11.5 Å². The minimum Gasteiger partial charge on any atom is -0.497 e. The van der Waals surface area contributed by atoms with Crippen molar-refractivity contribution < 1.29 is 23.5 Å². The van der Waals surface area contributed by atoms with Gasteiger partial charge in [-0.05, 0) is 42.2 Å². The summed E-state index contributed by atoms with van der Waals surface area (Å²) in [6, 6.07) is 17.7. The van der Waals surface area contributed by atoms with Gasteiger partial charge in [0.1, 0.15) is 11.5 Å². The summed E-state index contributed by atoms with van der Waals surface area (Å²) in [5.41, 5.74) is 1.23. The zero-order valence-corrected chi connectivity index (χ0v) is 16.5. The van der Waals surface area contributed by atoms with Crippen LogP contribution in [0.2, 0.25) is 0 Å². The SMILES string of the molecule is COc1ccc(OCC2CN(P(=O)(O)OC)CCC2c2ccccc2)cc1. The molecule has 146 valence electrons. The first kappa shape index (κ1) is 19.9. The summed E-state index contributed by atoms with van der Waals surface area (Å²) in [5.74, 6) is 1.85. The predicted octanol–water partition coefficient (Wildman–Crippen LogP) is 3.93. The van der Waals surface area contributed by atoms with Crippen LogP contribution < -0.4 is 9.47 Å². The zero-order chi connectivity index (χ0) is 19.3. The highest BCUT2D eigenvalue weighted by molar-refractivity contribution is 7.50. The molecule has 3 atom stereocenters. The fourth-order valence-corrected chi connectivity index (χ4v) is 4.56. The number of methoxy groups -OCH3 is 1. The van der Waals surface area contributed by atoms with E-state index in [1.807, 2.05) is 42.5 Å². The third kappa shape index (κ3) is 4.90. The lowest BCUT2D eigenvalue weighted by Crippen LogP contribution is -2.40. The third-order valence-corrected chi connectivity index (χ3v) is 6.61. The molecule has 0 amide bonds. The maximum atomic E-state index is 12.3. The Morgan fingerprint density at radius 1 is 1.07 bits per heavy atom. The first-order valence-electron chi connectivity index (χ1n) is 8.99. The van der Waals surface area contributed by atoms with Gasteiger partial charge < -0.3 is 18.9 Å². The molecule has 0 aliphatic carbocycles. The van der Waals surface area contributed by atoms with Crippen LogP contribution in [0.3, 0.4) is 0 Å². The molecule has 27 heavy (non-hydrogen) atoms. The monoisotopic (exact) mass is 391 g/mol. The third-order valence-electron chi connectivity index (χ3n) is 5.06. The molecule has 7 heteroatoms. The first-order valence-corrected chi connectivity index (χ1v) is 10.5. The molecule has 0 aromatic heterocycles. The van der Waals surface area contributed by atoms with Gasteiger partial charge in [0.2, 0.25) is 0 Å². The highest BCUT2D eigenvalue weighted by Crippen LogP contribution is 2.49. The summed E-state index contributed by atoms with van der Waals surface area (Å²) in [7, 11) is -0.854. The number of hydrogen-bond acceptors (Lipinski definition) is 4. The molecule has 0 spiro atoms. The lowest BCUT2D eigenvalue weighted by atomic mass is 9.81. The number of nitrogens with zero attached hydrogens (tertiary/aromatic N) is 1. The van der Waals surface area contributed by atoms with E-state index in [1.54, 1.807) is 7.11 Å². The molecule has 0 radical (unpaired) electrons. The molecule has 2 aromatic rings. The number of benzene rings is 2. The van der Waals surface area contributed by atoms with E-state index in [0.717, 1.165) is 17.9 Å². The Hall–Kier alpha value is -1.85. The molecule has 1 N–H and O–H groups in total. The lowest BCUT2D eigenvalue weighted by Gasteiger charge is -2.39. The summed E-state index contributed by atoms with van der Waals surface area (Å²) in [6.45, 7) is 1.41. The van der Waals surface area contributed by atoms with Crippen LogP contribution in [0.15, 0.2) is 54.6 Å². The minimum atomic E-state index is -3.75. The van der Waals surface area contributed by atoms with Gasteiger partial charge in [-0.1, -0.05) is 30.3 Å². The second-order valence-electron chi connectivity index (χ2n) is 6.64. The Labute approximate surface area is 160 Å². The summed E-state index contributed by atoms with van der Waals surface area (Å²) in [6.07, 6.45) is 0.772. The molecule has 3 unspecified atom stereocenters. The van der Waals surface area contributed by atoms with Crippen molar-refractivity contribution in [2.75, 3.05) is 33.9 Å². The van der Waals surface area contributed by atoms with Crippen LogP contribution in [-0.4, -0.2) is 43.5 Å². The number of ether oxygens (including phenoxy) is 2. The van der Waals surface area contributed by atoms with E-state index in [4.69, 9.17) is 14.0 Å². The van der Waals surface area contributed by atoms with Gasteiger partial charge in [0.25, 0.3) is 0 Å². The van der Waals surface area contributed by atoms with Crippen LogP contribution in [0.25, 0.3) is 0 Å². The lowest BCUT2D eigenvalue weighted by molar-refractivity contribution is 0.132. The van der Waals surface area contributed by atoms with Crippen molar-refractivity contribution in [2.45, 2.75) is 12.3 Å². The van der Waals surface area contributed by atoms with Crippen molar-refractivity contribution in [1.82, 2.24) is 4.67 Å². The molecule has 1 saturated heterocycles. The minimum absolute atomic E-state index is 0.0684. The molecule has 0 bridgehead atoms. The number of rotatable bonds is 7. The van der Waals surface area contributed by atoms with Crippen LogP contribution >= 0.6 is 7.75 Å². The Morgan fingerprint density at radius 2 is 1.74 bits per heavy atom. The summed E-state index contributed by atoms with van der Waals surface area (Å²) in [5, 5.41) is 0. The molecule has 6 nitrogen and oxygen atoms in total. The van der Waals surface area contributed by atoms with Gasteiger partial charge in [-0.3, -0.25) is 0 Å². The normalized spacial score (nSPS) is 22.8. The number of piperidine rings is 1. The molecule has 1 aliphatic heterocycles. The van der Waals surface area contributed by atoms with E-state index in [2.05, 4.69) is 12.1 Å². The molecule has 0 saturated carbocycles. The predicted molar refractivity (Wildman–Crippen MR) is 104 cm³/mol. The summed E-state index contributed by atoms with van der Waals surface area (Å²) in [4.78, 5) is 10.1. The van der Waals surface area contributed by atoms with E-state index < -0.39 is 7.75 Å². The van der Waals surface area contributed by atoms with E-state index in [0.29, 0.717) is 19.7 Å². The maximum Gasteiger partial charge on any atom is 0.405 e. The Kier molecular flexibility index (Phi) is 6.55. The average molecular weight is 391 g/mol. The standard InChI is InChI=1S/C20H26NO5P/c1-24-18-8-10-19(11-9-18)26-15-17-14-21(27(22,23)25-2)13-12-20(17)16-6-4-3-5-7-16/h3-11,17,20H,12-15H2,1-2H3,(H,22,23). The summed E-state index contributed by atoms with van der Waals surface area (Å²) >= 11 is 0. The van der Waals surface area contributed by atoms with Crippen LogP contribution in [0, 0.1) is 5.92 Å². The van der Waals surface area contributed by atoms with E-state index in [1.165, 1.54) is 17.3 Å². The first-order chi connectivity index (χ1) is 13.0. The summed E-state index contributed by atoms with van der Waals surface area (Å²) < 4.78 is 29.8. The largest absolute Gasteiger partial charge is 0.497 e. The molecule has 1 fully saturated rings. The van der Waals surface area contributed by atoms with Gasteiger partial charge in [-0.15, -0.1) is 0 Å². The average Bonchev–Trinajstić information content (AvgIpc) is 2.73. The van der Waals surface area contributed by atoms with Crippen molar-refractivity contribution in [3.05, 3.63) is 60.2 Å². The van der Waals surface area contributed by atoms with Gasteiger partial charge >= 0.3 is 7.75 Å². The Bertz CT molecular complexity index is 768. The highest BCUT2D eigenvalue weighted by atomic mass is 31.2. The van der Waals surface area contributed by atoms with E-state index in [-0.39, 0.29) is 11.8 Å². The van der Waals surface area contributed by atoms with Crippen LogP contribution in [0.4, 0.5) is 0 Å². The van der Waals surface area contributed by atoms with E-state index in [9.17, 15) is 9.46 Å². The Morgan fingerprint density at radius 3 is 2.37 bits per heavy atom. The molecule has 1 heterocycles. The highest BCUT2D eigenvalue weighted by Gasteiger charge is 2.38. The smallest absolute Gasteiger partial charge is 0.405 e. The second-order valence-corrected chi connectivity index (χ2v) is 8.55. The van der Waals surface area contributed by atoms with Crippen molar-refractivity contribution in [3.63, 3.8) is 0 Å². The molecular formula is C20H26NO5P. The Balaban J connectivity index is 1.75. The fraction of sp³-hybridized carbons (Fsp3) is 0.400. The van der Waals surface area contributed by atoms with Crippen molar-refractivity contribution in [1.29, 1.82) is 0 Å². The van der Waals surface area contributed by atoms with Gasteiger partial charge in [0.15, 0.2) is 0 Å². The van der Waals surface area contributed by atoms with Crippen molar-refractivity contribution in [2.24, 2.45) is 5.92 Å². The van der Waals surface area contributed by atoms with Crippen LogP contribution in [-0.2, 0) is 9.09 Å². The number of hydrogen-bond donors (Lipinski definition) is 1. The van der Waals surface area contributed by atoms with E-state index >= 15 is 0 Å². The van der Waals surface area contributed by atoms with Gasteiger partial charge in [-0.25, -0.2) is 9.24 Å². The zero-order valence-electron chi connectivity index (χ0n) is 15.7.